The highest BCUT2D eigenvalue weighted by Gasteiger charge is 2.43. The van der Waals surface area contributed by atoms with Gasteiger partial charge in [-0.3, -0.25) is 52.7 Å². The second kappa shape index (κ2) is 47.0. The molecule has 3 N–H and O–H groups in total. The molecule has 0 saturated carbocycles. The van der Waals surface area contributed by atoms with Gasteiger partial charge in [0.2, 0.25) is 35.4 Å². The number of hydrogen-bond acceptors (Lipinski definition) is 16. The summed E-state index contributed by atoms with van der Waals surface area (Å²) in [5.74, 6) is -11.6. The molecule has 1 aliphatic heterocycles. The molecule has 1 aliphatic rings. The number of carbonyl (C=O) groups excluding carboxylic acids is 12. The van der Waals surface area contributed by atoms with Gasteiger partial charge in [-0.2, -0.15) is 0 Å². The molecule has 0 spiro atoms. The Bertz CT molecular complexity index is 2750. The molecule has 0 unspecified atom stereocenters. The lowest BCUT2D eigenvalue weighted by Crippen LogP contribution is -2.53. The number of Topliss-reactive ketones (excluding diaryl/α,β-unsaturated/α-hetero) is 5. The molecule has 22 nitrogen and oxygen atoms in total. The van der Waals surface area contributed by atoms with Gasteiger partial charge in [0.05, 0.1) is 48.9 Å². The summed E-state index contributed by atoms with van der Waals surface area (Å²) in [6.45, 7) is 39.6. The van der Waals surface area contributed by atoms with Crippen LogP contribution in [0.15, 0.2) is 36.5 Å². The highest BCUT2D eigenvalue weighted by molar-refractivity contribution is 5.99. The largest absolute Gasteiger partial charge is 0.509 e. The van der Waals surface area contributed by atoms with Crippen LogP contribution >= 0.6 is 0 Å². The second-order valence-corrected chi connectivity index (χ2v) is 31.4. The standard InChI is InChI=1S/C71H120N6O16.C8H16/c1-24-26-29-46(13)64(84)52-40-59(81)62(45(11)12)77(23)68(88)50(34-41(3)4)38-58(80)55(36-43(7)8)74(20)67(87)48(15)72-65(85)47(14)37-57(79)54(35-42(5)6)75(21)69(89)51(44(9)10)39-60(82)63(49(16)91-32-27-28-33-92-70(90)93-71(17,18)19)76(22)61(83)31-30-56(78)53(25-2)73-66(52)86;1-4-5-6-7-8(2)3/h24,26-28,41-55,62-64,84H,25,29-40H2,1-23H3,(H,72,85)(H,73,86);5-6,8H,4,7H2,1-3H3/b26-24+,28-27+;6-5+/t46-,47-,48-,49-,50-,51+,52+,53+,54+,55+,62+,63+,64-;/m1./s1. The summed E-state index contributed by atoms with van der Waals surface area (Å²) in [7, 11) is 5.81. The average molecular weight is 1430 g/mol. The Labute approximate surface area is 607 Å². The van der Waals surface area contributed by atoms with Crippen LogP contribution in [0.25, 0.3) is 0 Å². The predicted molar refractivity (Wildman–Crippen MR) is 397 cm³/mol. The molecule has 578 valence electrons. The van der Waals surface area contributed by atoms with E-state index < -0.39 is 192 Å². The molecule has 101 heavy (non-hydrogen) atoms. The molecule has 0 radical (unpaired) electrons. The Hall–Kier alpha value is -6.42. The summed E-state index contributed by atoms with van der Waals surface area (Å²) < 4.78 is 16.4. The molecule has 1 saturated heterocycles. The van der Waals surface area contributed by atoms with Crippen LogP contribution in [-0.4, -0.2) is 191 Å². The molecular weight excluding hydrogens is 1290 g/mol. The van der Waals surface area contributed by atoms with Gasteiger partial charge in [0, 0.05) is 84.5 Å². The Morgan fingerprint density at radius 2 is 1.07 bits per heavy atom. The molecule has 0 aromatic rings. The van der Waals surface area contributed by atoms with Crippen molar-refractivity contribution in [3.05, 3.63) is 36.5 Å². The minimum atomic E-state index is -1.41. The molecule has 1 rings (SSSR count). The highest BCUT2D eigenvalue weighted by Crippen LogP contribution is 2.30. The first kappa shape index (κ1) is 94.6. The van der Waals surface area contributed by atoms with E-state index in [1.165, 1.54) is 80.6 Å². The maximum atomic E-state index is 14.9. The number of amides is 6. The third kappa shape index (κ3) is 34.2. The fraction of sp³-hybridized carbons (Fsp3) is 0.772. The number of ketones is 5. The van der Waals surface area contributed by atoms with Crippen LogP contribution in [-0.2, 0) is 67.0 Å². The Morgan fingerprint density at radius 1 is 0.545 bits per heavy atom. The summed E-state index contributed by atoms with van der Waals surface area (Å²) in [5, 5.41) is 17.5. The van der Waals surface area contributed by atoms with Crippen molar-refractivity contribution in [2.45, 2.75) is 290 Å². The van der Waals surface area contributed by atoms with E-state index in [4.69, 9.17) is 14.2 Å². The number of rotatable bonds is 22. The van der Waals surface area contributed by atoms with Crippen LogP contribution in [0.2, 0.25) is 0 Å². The number of allylic oxidation sites excluding steroid dienone is 4. The van der Waals surface area contributed by atoms with Crippen LogP contribution < -0.4 is 10.6 Å². The van der Waals surface area contributed by atoms with E-state index in [1.807, 2.05) is 47.6 Å². The van der Waals surface area contributed by atoms with Crippen LogP contribution in [0, 0.1) is 65.1 Å². The monoisotopic (exact) mass is 1430 g/mol. The van der Waals surface area contributed by atoms with Gasteiger partial charge in [-0.1, -0.05) is 141 Å². The molecule has 0 aromatic carbocycles. The zero-order chi connectivity index (χ0) is 78.1. The quantitative estimate of drug-likeness (QED) is 0.0670. The first-order valence-corrected chi connectivity index (χ1v) is 37.2. The third-order valence-corrected chi connectivity index (χ3v) is 18.4. The number of nitrogens with zero attached hydrogens (tertiary/aromatic N) is 4. The number of likely N-dealkylation sites (N-methyl/N-ethyl adjacent to an activating group) is 4. The van der Waals surface area contributed by atoms with Gasteiger partial charge in [-0.05, 0) is 134 Å². The summed E-state index contributed by atoms with van der Waals surface area (Å²) in [4.78, 5) is 178. The fourth-order valence-electron chi connectivity index (χ4n) is 12.5. The van der Waals surface area contributed by atoms with E-state index in [0.29, 0.717) is 6.42 Å². The molecule has 1 fully saturated rings. The van der Waals surface area contributed by atoms with Gasteiger partial charge in [-0.15, -0.1) is 0 Å². The van der Waals surface area contributed by atoms with E-state index in [-0.39, 0.29) is 69.5 Å². The Balaban J connectivity index is 0.0000117. The van der Waals surface area contributed by atoms with Crippen molar-refractivity contribution in [1.29, 1.82) is 0 Å². The van der Waals surface area contributed by atoms with Gasteiger partial charge in [0.25, 0.3) is 0 Å². The molecule has 22 heteroatoms. The van der Waals surface area contributed by atoms with E-state index in [9.17, 15) is 62.6 Å². The lowest BCUT2D eigenvalue weighted by molar-refractivity contribution is -0.148. The first-order valence-electron chi connectivity index (χ1n) is 37.2. The molecule has 1 heterocycles. The van der Waals surface area contributed by atoms with Crippen molar-refractivity contribution in [2.24, 2.45) is 65.1 Å². The molecule has 0 aliphatic carbocycles. The SMILES string of the molecule is C/C=C/C[C@@H](C)[C@@H](O)[C@@H]1CC(=O)[C@H](C(C)C)N(C)C(=O)[C@H](CC(C)C)CC(=O)[C@H](CC(C)C)N(C)C(=O)[C@@H](C)NC(=O)[C@H](C)CC(=O)[C@H](CC(C)C)N(C)C(=O)[C@H](C(C)C)CC(=O)[C@H]([C@@H](C)OC/C=C/COC(=O)OC(C)(C)C)N(C)C(=O)CCC(=O)[C@H](CC)NC1=O.CC/C=C/CC(C)C. The number of ether oxygens (including phenoxy) is 3. The van der Waals surface area contributed by atoms with Crippen LogP contribution in [0.4, 0.5) is 4.79 Å². The smallest absolute Gasteiger partial charge is 0.430 e. The lowest BCUT2D eigenvalue weighted by atomic mass is 9.82. The van der Waals surface area contributed by atoms with Crippen molar-refractivity contribution in [3.8, 4) is 0 Å². The Morgan fingerprint density at radius 3 is 1.56 bits per heavy atom. The summed E-state index contributed by atoms with van der Waals surface area (Å²) >= 11 is 0. The van der Waals surface area contributed by atoms with Crippen molar-refractivity contribution in [2.75, 3.05) is 41.4 Å². The second-order valence-electron chi connectivity index (χ2n) is 31.4. The van der Waals surface area contributed by atoms with E-state index >= 15 is 0 Å². The highest BCUT2D eigenvalue weighted by atomic mass is 16.7. The number of aliphatic hydroxyl groups excluding tert-OH is 1. The molecule has 6 amide bonds. The number of carbonyl (C=O) groups is 12. The maximum Gasteiger partial charge on any atom is 0.509 e. The van der Waals surface area contributed by atoms with Crippen LogP contribution in [0.1, 0.15) is 236 Å². The zero-order valence-electron chi connectivity index (χ0n) is 66.9. The number of hydrogen-bond donors (Lipinski definition) is 3. The van der Waals surface area contributed by atoms with Gasteiger partial charge in [0.1, 0.15) is 24.3 Å². The van der Waals surface area contributed by atoms with E-state index in [2.05, 4.69) is 43.6 Å². The van der Waals surface area contributed by atoms with E-state index in [0.717, 1.165) is 5.92 Å². The molecular formula is C79H136N6O16. The fourth-order valence-corrected chi connectivity index (χ4v) is 12.5. The maximum absolute atomic E-state index is 14.9. The van der Waals surface area contributed by atoms with Gasteiger partial charge in [-0.25, -0.2) is 4.79 Å². The van der Waals surface area contributed by atoms with Crippen molar-refractivity contribution in [1.82, 2.24) is 30.2 Å². The normalized spacial score (nSPS) is 25.0. The molecule has 0 bridgehead atoms. The summed E-state index contributed by atoms with van der Waals surface area (Å²) in [5.41, 5.74) is -0.779. The van der Waals surface area contributed by atoms with Gasteiger partial charge < -0.3 is 49.6 Å². The zero-order valence-corrected chi connectivity index (χ0v) is 66.9. The average Bonchev–Trinajstić information content (AvgIpc) is 0.831. The van der Waals surface area contributed by atoms with Gasteiger partial charge in [0.15, 0.2) is 28.9 Å². The van der Waals surface area contributed by atoms with Crippen LogP contribution in [0.5, 0.6) is 0 Å². The number of nitrogens with one attached hydrogen (secondary N) is 2. The topological polar surface area (TPSA) is 290 Å². The van der Waals surface area contributed by atoms with Crippen molar-refractivity contribution < 1.29 is 76.9 Å². The molecule has 0 aromatic heterocycles. The minimum Gasteiger partial charge on any atom is -0.430 e. The molecule has 13 atom stereocenters. The predicted octanol–water partition coefficient (Wildman–Crippen LogP) is 11.7. The third-order valence-electron chi connectivity index (χ3n) is 18.4. The minimum absolute atomic E-state index is 0.0569. The lowest BCUT2D eigenvalue weighted by Gasteiger charge is -2.36. The summed E-state index contributed by atoms with van der Waals surface area (Å²) in [6.07, 6.45) is 8.89. The van der Waals surface area contributed by atoms with Crippen molar-refractivity contribution in [3.63, 3.8) is 0 Å². The first-order chi connectivity index (χ1) is 46.8. The summed E-state index contributed by atoms with van der Waals surface area (Å²) in [6, 6.07) is -6.90. The van der Waals surface area contributed by atoms with E-state index in [1.54, 1.807) is 88.3 Å². The van der Waals surface area contributed by atoms with Gasteiger partial charge >= 0.3 is 6.16 Å². The van der Waals surface area contributed by atoms with Crippen LogP contribution in [0.3, 0.4) is 0 Å². The van der Waals surface area contributed by atoms with Crippen molar-refractivity contribution >= 4 is 70.5 Å². The Kier molecular flexibility index (Phi) is 44.0. The number of aliphatic hydroxyl groups is 1.